The van der Waals surface area contributed by atoms with Crippen molar-refractivity contribution in [3.63, 3.8) is 0 Å². The number of aromatic nitrogens is 1. The van der Waals surface area contributed by atoms with Gasteiger partial charge in [0.1, 0.15) is 11.6 Å². The molecular weight excluding hydrogens is 346 g/mol. The molecule has 0 unspecified atom stereocenters. The Morgan fingerprint density at radius 1 is 1.23 bits per heavy atom. The van der Waals surface area contributed by atoms with Crippen LogP contribution in [-0.2, 0) is 4.79 Å². The molecule has 3 heterocycles. The van der Waals surface area contributed by atoms with Gasteiger partial charge in [-0.25, -0.2) is 4.98 Å². The van der Waals surface area contributed by atoms with Gasteiger partial charge in [-0.15, -0.1) is 0 Å². The second-order valence-electron chi connectivity index (χ2n) is 7.66. The van der Waals surface area contributed by atoms with E-state index < -0.39 is 0 Å². The molecule has 142 valence electrons. The van der Waals surface area contributed by atoms with Gasteiger partial charge in [-0.1, -0.05) is 13.8 Å². The summed E-state index contributed by atoms with van der Waals surface area (Å²) in [5.41, 5.74) is 0.622. The van der Waals surface area contributed by atoms with Crippen LogP contribution < -0.4 is 4.90 Å². The lowest BCUT2D eigenvalue weighted by molar-refractivity contribution is -0.124. The SMILES string of the molecule is CC(C)CC(=O)[C@H]1CCCN(C(=O)c2ccc(N3CCSCC3)nc2)C1. The number of hydrogen-bond acceptors (Lipinski definition) is 5. The number of piperidine rings is 1. The Kier molecular flexibility index (Phi) is 6.57. The minimum absolute atomic E-state index is 0.000275. The average Bonchev–Trinajstić information content (AvgIpc) is 2.68. The van der Waals surface area contributed by atoms with Gasteiger partial charge < -0.3 is 9.80 Å². The lowest BCUT2D eigenvalue weighted by atomic mass is 9.89. The molecule has 1 aromatic heterocycles. The van der Waals surface area contributed by atoms with Crippen LogP contribution in [0.15, 0.2) is 18.3 Å². The molecule has 0 aromatic carbocycles. The predicted octanol–water partition coefficient (Wildman–Crippen LogP) is 3.10. The molecule has 2 aliphatic heterocycles. The van der Waals surface area contributed by atoms with Gasteiger partial charge in [-0.05, 0) is 30.9 Å². The summed E-state index contributed by atoms with van der Waals surface area (Å²) in [6.07, 6.45) is 4.10. The van der Waals surface area contributed by atoms with E-state index in [2.05, 4.69) is 23.7 Å². The molecule has 26 heavy (non-hydrogen) atoms. The monoisotopic (exact) mass is 375 g/mol. The molecule has 0 saturated carbocycles. The smallest absolute Gasteiger partial charge is 0.255 e. The third-order valence-electron chi connectivity index (χ3n) is 5.10. The lowest BCUT2D eigenvalue weighted by Gasteiger charge is -2.32. The standard InChI is InChI=1S/C20H29N3O2S/c1-15(2)12-18(24)17-4-3-7-23(14-17)20(25)16-5-6-19(21-13-16)22-8-10-26-11-9-22/h5-6,13,15,17H,3-4,7-12,14H2,1-2H3/t17-/m0/s1. The van der Waals surface area contributed by atoms with Gasteiger partial charge in [0.05, 0.1) is 5.56 Å². The highest BCUT2D eigenvalue weighted by Gasteiger charge is 2.29. The van der Waals surface area contributed by atoms with E-state index in [0.29, 0.717) is 30.2 Å². The topological polar surface area (TPSA) is 53.5 Å². The molecule has 1 aromatic rings. The van der Waals surface area contributed by atoms with Gasteiger partial charge in [0.2, 0.25) is 0 Å². The first-order valence-electron chi connectivity index (χ1n) is 9.65. The lowest BCUT2D eigenvalue weighted by Crippen LogP contribution is -2.42. The molecule has 0 radical (unpaired) electrons. The summed E-state index contributed by atoms with van der Waals surface area (Å²) in [5, 5.41) is 0. The van der Waals surface area contributed by atoms with E-state index in [1.54, 1.807) is 6.20 Å². The number of ketones is 1. The molecule has 0 bridgehead atoms. The van der Waals surface area contributed by atoms with Crippen molar-refractivity contribution in [2.45, 2.75) is 33.1 Å². The molecule has 3 rings (SSSR count). The highest BCUT2D eigenvalue weighted by molar-refractivity contribution is 7.99. The molecule has 2 fully saturated rings. The summed E-state index contributed by atoms with van der Waals surface area (Å²) in [4.78, 5) is 33.8. The van der Waals surface area contributed by atoms with Crippen LogP contribution in [0.25, 0.3) is 0 Å². The molecule has 0 spiro atoms. The zero-order valence-corrected chi connectivity index (χ0v) is 16.6. The number of hydrogen-bond donors (Lipinski definition) is 0. The Hall–Kier alpha value is -1.56. The largest absolute Gasteiger partial charge is 0.355 e. The number of rotatable bonds is 5. The first-order valence-corrected chi connectivity index (χ1v) is 10.8. The molecule has 2 saturated heterocycles. The van der Waals surface area contributed by atoms with E-state index in [1.807, 2.05) is 28.8 Å². The molecule has 2 aliphatic rings. The van der Waals surface area contributed by atoms with Crippen LogP contribution in [-0.4, -0.2) is 59.3 Å². The normalized spacial score (nSPS) is 21.1. The number of thioether (sulfide) groups is 1. The number of Topliss-reactive ketones (excluding diaryl/α,β-unsaturated/α-hetero) is 1. The molecule has 0 N–H and O–H groups in total. The van der Waals surface area contributed by atoms with Gasteiger partial charge in [0.25, 0.3) is 5.91 Å². The number of carbonyl (C=O) groups excluding carboxylic acids is 2. The van der Waals surface area contributed by atoms with Crippen LogP contribution in [0.1, 0.15) is 43.5 Å². The Labute approximate surface area is 160 Å². The summed E-state index contributed by atoms with van der Waals surface area (Å²) < 4.78 is 0. The molecular formula is C20H29N3O2S. The Morgan fingerprint density at radius 3 is 2.65 bits per heavy atom. The Balaban J connectivity index is 1.62. The van der Waals surface area contributed by atoms with Crippen LogP contribution in [0.5, 0.6) is 0 Å². The van der Waals surface area contributed by atoms with Crippen molar-refractivity contribution in [2.75, 3.05) is 42.6 Å². The Morgan fingerprint density at radius 2 is 2.00 bits per heavy atom. The third-order valence-corrected chi connectivity index (χ3v) is 6.05. The maximum absolute atomic E-state index is 12.8. The number of amides is 1. The first-order chi connectivity index (χ1) is 12.5. The van der Waals surface area contributed by atoms with Gasteiger partial charge in [-0.3, -0.25) is 9.59 Å². The number of nitrogens with zero attached hydrogens (tertiary/aromatic N) is 3. The minimum Gasteiger partial charge on any atom is -0.355 e. The van der Waals surface area contributed by atoms with Crippen molar-refractivity contribution in [2.24, 2.45) is 11.8 Å². The van der Waals surface area contributed by atoms with Crippen molar-refractivity contribution in [3.05, 3.63) is 23.9 Å². The summed E-state index contributed by atoms with van der Waals surface area (Å²) in [6, 6.07) is 3.83. The fourth-order valence-corrected chi connectivity index (χ4v) is 4.57. The molecule has 1 amide bonds. The molecule has 1 atom stereocenters. The number of carbonyl (C=O) groups is 2. The third kappa shape index (κ3) is 4.78. The van der Waals surface area contributed by atoms with E-state index in [0.717, 1.165) is 49.8 Å². The maximum atomic E-state index is 12.8. The highest BCUT2D eigenvalue weighted by atomic mass is 32.2. The quantitative estimate of drug-likeness (QED) is 0.791. The van der Waals surface area contributed by atoms with Crippen LogP contribution in [0.4, 0.5) is 5.82 Å². The van der Waals surface area contributed by atoms with E-state index in [1.165, 1.54) is 0 Å². The van der Waals surface area contributed by atoms with Crippen molar-refractivity contribution in [1.82, 2.24) is 9.88 Å². The van der Waals surface area contributed by atoms with E-state index >= 15 is 0 Å². The van der Waals surface area contributed by atoms with Crippen molar-refractivity contribution in [1.29, 1.82) is 0 Å². The van der Waals surface area contributed by atoms with Crippen molar-refractivity contribution < 1.29 is 9.59 Å². The van der Waals surface area contributed by atoms with Crippen LogP contribution in [0.3, 0.4) is 0 Å². The van der Waals surface area contributed by atoms with Crippen LogP contribution in [0.2, 0.25) is 0 Å². The summed E-state index contributed by atoms with van der Waals surface area (Å²) >= 11 is 1.97. The number of anilines is 1. The van der Waals surface area contributed by atoms with Gasteiger partial charge >= 0.3 is 0 Å². The average molecular weight is 376 g/mol. The second kappa shape index (κ2) is 8.89. The zero-order valence-electron chi connectivity index (χ0n) is 15.8. The van der Waals surface area contributed by atoms with Crippen molar-refractivity contribution in [3.8, 4) is 0 Å². The number of pyridine rings is 1. The van der Waals surface area contributed by atoms with E-state index in [4.69, 9.17) is 0 Å². The molecule has 5 nitrogen and oxygen atoms in total. The second-order valence-corrected chi connectivity index (χ2v) is 8.88. The van der Waals surface area contributed by atoms with Gasteiger partial charge in [0.15, 0.2) is 0 Å². The fourth-order valence-electron chi connectivity index (χ4n) is 3.67. The summed E-state index contributed by atoms with van der Waals surface area (Å²) in [5.74, 6) is 3.87. The van der Waals surface area contributed by atoms with Gasteiger partial charge in [-0.2, -0.15) is 11.8 Å². The zero-order chi connectivity index (χ0) is 18.5. The van der Waals surface area contributed by atoms with Gasteiger partial charge in [0, 0.05) is 56.2 Å². The summed E-state index contributed by atoms with van der Waals surface area (Å²) in [6.45, 7) is 7.44. The summed E-state index contributed by atoms with van der Waals surface area (Å²) in [7, 11) is 0. The van der Waals surface area contributed by atoms with Crippen LogP contribution in [0, 0.1) is 11.8 Å². The molecule has 6 heteroatoms. The van der Waals surface area contributed by atoms with E-state index in [-0.39, 0.29) is 11.8 Å². The Bertz CT molecular complexity index is 626. The first kappa shape index (κ1) is 19.2. The van der Waals surface area contributed by atoms with Crippen LogP contribution >= 0.6 is 11.8 Å². The van der Waals surface area contributed by atoms with Crippen molar-refractivity contribution >= 4 is 29.3 Å². The molecule has 0 aliphatic carbocycles. The minimum atomic E-state index is -0.00631. The fraction of sp³-hybridized carbons (Fsp3) is 0.650. The maximum Gasteiger partial charge on any atom is 0.255 e. The number of likely N-dealkylation sites (tertiary alicyclic amines) is 1. The highest BCUT2D eigenvalue weighted by Crippen LogP contribution is 2.23. The van der Waals surface area contributed by atoms with E-state index in [9.17, 15) is 9.59 Å². The predicted molar refractivity (Wildman–Crippen MR) is 107 cm³/mol.